The number of sulfonamides is 1. The number of nitrogens with one attached hydrogen (secondary N) is 1. The molecular weight excluding hydrogens is 230 g/mol. The predicted molar refractivity (Wildman–Crippen MR) is 60.0 cm³/mol. The lowest BCUT2D eigenvalue weighted by atomic mass is 10.2. The van der Waals surface area contributed by atoms with Crippen LogP contribution in [-0.4, -0.2) is 33.8 Å². The quantitative estimate of drug-likeness (QED) is 0.781. The molecule has 0 aromatic heterocycles. The number of hydrogen-bond acceptors (Lipinski definition) is 4. The van der Waals surface area contributed by atoms with Crippen molar-refractivity contribution in [3.63, 3.8) is 0 Å². The third kappa shape index (κ3) is 2.94. The fraction of sp³-hybridized carbons (Fsp3) is 0.400. The van der Waals surface area contributed by atoms with Crippen molar-refractivity contribution in [1.82, 2.24) is 4.72 Å². The van der Waals surface area contributed by atoms with Crippen molar-refractivity contribution in [3.8, 4) is 5.75 Å². The Morgan fingerprint density at radius 3 is 2.69 bits per heavy atom. The Morgan fingerprint density at radius 2 is 2.12 bits per heavy atom. The summed E-state index contributed by atoms with van der Waals surface area (Å²) in [5, 5.41) is 8.60. The molecule has 0 unspecified atom stereocenters. The van der Waals surface area contributed by atoms with E-state index in [-0.39, 0.29) is 23.8 Å². The zero-order valence-electron chi connectivity index (χ0n) is 9.23. The average Bonchev–Trinajstić information content (AvgIpc) is 2.26. The SMILES string of the molecule is COc1ccc(C)cc1S(=O)(=O)NCCO. The number of aryl methyl sites for hydroxylation is 1. The highest BCUT2D eigenvalue weighted by Crippen LogP contribution is 2.24. The van der Waals surface area contributed by atoms with E-state index in [9.17, 15) is 8.42 Å². The Balaban J connectivity index is 3.15. The molecule has 5 nitrogen and oxygen atoms in total. The van der Waals surface area contributed by atoms with Gasteiger partial charge in [-0.3, -0.25) is 0 Å². The number of benzene rings is 1. The zero-order chi connectivity index (χ0) is 12.2. The minimum atomic E-state index is -3.62. The Labute approximate surface area is 95.1 Å². The lowest BCUT2D eigenvalue weighted by Gasteiger charge is -2.10. The summed E-state index contributed by atoms with van der Waals surface area (Å²) < 4.78 is 30.9. The molecule has 0 fully saturated rings. The van der Waals surface area contributed by atoms with E-state index in [0.29, 0.717) is 0 Å². The first-order valence-corrected chi connectivity index (χ1v) is 6.24. The summed E-state index contributed by atoms with van der Waals surface area (Å²) in [4.78, 5) is 0.0865. The molecule has 0 aliphatic rings. The summed E-state index contributed by atoms with van der Waals surface area (Å²) in [6.07, 6.45) is 0. The highest BCUT2D eigenvalue weighted by Gasteiger charge is 2.18. The molecule has 16 heavy (non-hydrogen) atoms. The van der Waals surface area contributed by atoms with Crippen molar-refractivity contribution < 1.29 is 18.3 Å². The van der Waals surface area contributed by atoms with E-state index in [0.717, 1.165) is 5.56 Å². The summed E-state index contributed by atoms with van der Waals surface area (Å²) in [6, 6.07) is 4.89. The predicted octanol–water partition coefficient (Wildman–Crippen LogP) is 0.274. The molecule has 0 saturated heterocycles. The van der Waals surface area contributed by atoms with Crippen molar-refractivity contribution in [2.75, 3.05) is 20.3 Å². The van der Waals surface area contributed by atoms with Crippen LogP contribution in [0.25, 0.3) is 0 Å². The fourth-order valence-corrected chi connectivity index (χ4v) is 2.52. The van der Waals surface area contributed by atoms with Crippen molar-refractivity contribution in [3.05, 3.63) is 23.8 Å². The maximum absolute atomic E-state index is 11.8. The normalized spacial score (nSPS) is 11.4. The van der Waals surface area contributed by atoms with Gasteiger partial charge in [0.1, 0.15) is 10.6 Å². The van der Waals surface area contributed by atoms with Gasteiger partial charge in [0.2, 0.25) is 10.0 Å². The van der Waals surface area contributed by atoms with Gasteiger partial charge >= 0.3 is 0 Å². The summed E-state index contributed by atoms with van der Waals surface area (Å²) in [7, 11) is -2.21. The van der Waals surface area contributed by atoms with E-state index >= 15 is 0 Å². The van der Waals surface area contributed by atoms with Crippen LogP contribution in [0, 0.1) is 6.92 Å². The zero-order valence-corrected chi connectivity index (χ0v) is 10.0. The van der Waals surface area contributed by atoms with Crippen molar-refractivity contribution in [2.24, 2.45) is 0 Å². The maximum Gasteiger partial charge on any atom is 0.244 e. The highest BCUT2D eigenvalue weighted by atomic mass is 32.2. The number of rotatable bonds is 5. The van der Waals surface area contributed by atoms with Gasteiger partial charge in [0.15, 0.2) is 0 Å². The van der Waals surface area contributed by atoms with Crippen molar-refractivity contribution in [1.29, 1.82) is 0 Å². The number of aliphatic hydroxyl groups is 1. The van der Waals surface area contributed by atoms with E-state index in [1.54, 1.807) is 19.1 Å². The van der Waals surface area contributed by atoms with Crippen molar-refractivity contribution in [2.45, 2.75) is 11.8 Å². The van der Waals surface area contributed by atoms with Gasteiger partial charge in [-0.2, -0.15) is 0 Å². The fourth-order valence-electron chi connectivity index (χ4n) is 1.25. The molecule has 0 spiro atoms. The average molecular weight is 245 g/mol. The van der Waals surface area contributed by atoms with Crippen LogP contribution in [0.5, 0.6) is 5.75 Å². The summed E-state index contributed by atoms with van der Waals surface area (Å²) in [6.45, 7) is 1.54. The van der Waals surface area contributed by atoms with Gasteiger partial charge in [-0.05, 0) is 24.6 Å². The van der Waals surface area contributed by atoms with Crippen molar-refractivity contribution >= 4 is 10.0 Å². The molecular formula is C10H15NO4S. The minimum absolute atomic E-state index is 0.0145. The van der Waals surface area contributed by atoms with Crippen LogP contribution in [0.4, 0.5) is 0 Å². The van der Waals surface area contributed by atoms with Gasteiger partial charge in [0.05, 0.1) is 13.7 Å². The number of ether oxygens (including phenoxy) is 1. The Kier molecular flexibility index (Phi) is 4.28. The van der Waals surface area contributed by atoms with E-state index in [1.807, 2.05) is 0 Å². The second kappa shape index (κ2) is 5.29. The van der Waals surface area contributed by atoms with Gasteiger partial charge in [-0.25, -0.2) is 13.1 Å². The Morgan fingerprint density at radius 1 is 1.44 bits per heavy atom. The van der Waals surface area contributed by atoms with Crippen LogP contribution in [-0.2, 0) is 10.0 Å². The molecule has 0 heterocycles. The molecule has 0 aliphatic heterocycles. The lowest BCUT2D eigenvalue weighted by molar-refractivity contribution is 0.301. The van der Waals surface area contributed by atoms with Crippen LogP contribution >= 0.6 is 0 Å². The van der Waals surface area contributed by atoms with E-state index in [2.05, 4.69) is 4.72 Å². The summed E-state index contributed by atoms with van der Waals surface area (Å²) in [5.41, 5.74) is 0.824. The molecule has 0 saturated carbocycles. The standard InChI is InChI=1S/C10H15NO4S/c1-8-3-4-9(15-2)10(7-8)16(13,14)11-5-6-12/h3-4,7,11-12H,5-6H2,1-2H3. The molecule has 0 radical (unpaired) electrons. The van der Waals surface area contributed by atoms with Crippen LogP contribution < -0.4 is 9.46 Å². The highest BCUT2D eigenvalue weighted by molar-refractivity contribution is 7.89. The first kappa shape index (κ1) is 13.0. The monoisotopic (exact) mass is 245 g/mol. The van der Waals surface area contributed by atoms with Gasteiger partial charge < -0.3 is 9.84 Å². The van der Waals surface area contributed by atoms with Gasteiger partial charge in [0.25, 0.3) is 0 Å². The molecule has 2 N–H and O–H groups in total. The van der Waals surface area contributed by atoms with Crippen LogP contribution in [0.1, 0.15) is 5.56 Å². The van der Waals surface area contributed by atoms with Crippen LogP contribution in [0.3, 0.4) is 0 Å². The second-order valence-corrected chi connectivity index (χ2v) is 5.01. The molecule has 0 bridgehead atoms. The molecule has 1 rings (SSSR count). The Hall–Kier alpha value is -1.11. The molecule has 90 valence electrons. The maximum atomic E-state index is 11.8. The largest absolute Gasteiger partial charge is 0.495 e. The number of aliphatic hydroxyl groups excluding tert-OH is 1. The molecule has 6 heteroatoms. The third-order valence-electron chi connectivity index (χ3n) is 2.01. The number of hydrogen-bond donors (Lipinski definition) is 2. The third-order valence-corrected chi connectivity index (χ3v) is 3.49. The second-order valence-electron chi connectivity index (χ2n) is 3.28. The molecule has 0 aliphatic carbocycles. The minimum Gasteiger partial charge on any atom is -0.495 e. The Bertz CT molecular complexity index is 456. The smallest absolute Gasteiger partial charge is 0.244 e. The molecule has 0 amide bonds. The summed E-state index contributed by atoms with van der Waals surface area (Å²) >= 11 is 0. The first-order chi connectivity index (χ1) is 7.51. The molecule has 1 aromatic carbocycles. The van der Waals surface area contributed by atoms with Crippen LogP contribution in [0.2, 0.25) is 0 Å². The van der Waals surface area contributed by atoms with E-state index < -0.39 is 10.0 Å². The first-order valence-electron chi connectivity index (χ1n) is 4.76. The lowest BCUT2D eigenvalue weighted by Crippen LogP contribution is -2.27. The van der Waals surface area contributed by atoms with Gasteiger partial charge in [-0.1, -0.05) is 6.07 Å². The van der Waals surface area contributed by atoms with Gasteiger partial charge in [0, 0.05) is 6.54 Å². The molecule has 0 atom stereocenters. The summed E-state index contributed by atoms with van der Waals surface area (Å²) in [5.74, 6) is 0.288. The van der Waals surface area contributed by atoms with E-state index in [4.69, 9.17) is 9.84 Å². The number of methoxy groups -OCH3 is 1. The van der Waals surface area contributed by atoms with Crippen LogP contribution in [0.15, 0.2) is 23.1 Å². The topological polar surface area (TPSA) is 75.6 Å². The van der Waals surface area contributed by atoms with E-state index in [1.165, 1.54) is 13.2 Å². The van der Waals surface area contributed by atoms with Gasteiger partial charge in [-0.15, -0.1) is 0 Å². The molecule has 1 aromatic rings.